The summed E-state index contributed by atoms with van der Waals surface area (Å²) in [6.07, 6.45) is 9.13. The van der Waals surface area contributed by atoms with Crippen LogP contribution in [0.3, 0.4) is 0 Å². The fraction of sp³-hybridized carbons (Fsp3) is 0.481. The van der Waals surface area contributed by atoms with Gasteiger partial charge >= 0.3 is 0 Å². The van der Waals surface area contributed by atoms with Crippen molar-refractivity contribution in [1.82, 2.24) is 0 Å². The molecule has 2 fully saturated rings. The average Bonchev–Trinajstić information content (AvgIpc) is 2.79. The van der Waals surface area contributed by atoms with E-state index in [2.05, 4.69) is 0 Å². The van der Waals surface area contributed by atoms with Gasteiger partial charge in [0.15, 0.2) is 11.4 Å². The quantitative estimate of drug-likeness (QED) is 0.287. The molecule has 4 aliphatic rings. The first-order chi connectivity index (χ1) is 16.4. The highest BCUT2D eigenvalue weighted by Crippen LogP contribution is 2.67. The second kappa shape index (κ2) is 8.57. The number of rotatable bonds is 3. The van der Waals surface area contributed by atoms with E-state index >= 15 is 0 Å². The number of hydrogen-bond acceptors (Lipinski definition) is 3. The van der Waals surface area contributed by atoms with Crippen LogP contribution in [-0.2, 0) is 15.6 Å². The number of benzene rings is 2. The van der Waals surface area contributed by atoms with E-state index in [0.29, 0.717) is 25.8 Å². The highest BCUT2D eigenvalue weighted by atomic mass is 35.5. The van der Waals surface area contributed by atoms with Gasteiger partial charge in [-0.05, 0) is 81.7 Å². The Morgan fingerprint density at radius 3 is 2.35 bits per heavy atom. The third-order valence-electron chi connectivity index (χ3n) is 8.27. The van der Waals surface area contributed by atoms with Gasteiger partial charge in [0.25, 0.3) is 5.79 Å². The number of ether oxygens (including phenoxy) is 1. The van der Waals surface area contributed by atoms with E-state index in [0.717, 1.165) is 36.8 Å². The molecule has 4 unspecified atom stereocenters. The molecule has 1 heterocycles. The first-order valence-corrected chi connectivity index (χ1v) is 13.5. The number of aryl methyl sites for hydroxylation is 1. The molecular weight excluding hydrogens is 514 g/mol. The van der Waals surface area contributed by atoms with Crippen LogP contribution in [0.15, 0.2) is 41.5 Å². The smallest absolute Gasteiger partial charge is 0.299 e. The van der Waals surface area contributed by atoms with Gasteiger partial charge in [0.2, 0.25) is 0 Å². The SMILES string of the molecule is Cc1cc(C2(Oc3c(Cl)cc(Cl)cc3Cl)OOC23C2CCCC3C3=C(CCCC3)C2)ccc1Cl. The van der Waals surface area contributed by atoms with E-state index in [1.54, 1.807) is 23.3 Å². The number of halogens is 4. The predicted molar refractivity (Wildman–Crippen MR) is 136 cm³/mol. The molecule has 180 valence electrons. The van der Waals surface area contributed by atoms with Crippen molar-refractivity contribution in [3.8, 4) is 5.75 Å². The minimum absolute atomic E-state index is 0.227. The monoisotopic (exact) mass is 538 g/mol. The Hall–Kier alpha value is -0.940. The molecule has 1 saturated carbocycles. The van der Waals surface area contributed by atoms with Crippen LogP contribution in [0, 0.1) is 18.8 Å². The molecule has 6 rings (SSSR count). The van der Waals surface area contributed by atoms with Gasteiger partial charge in [-0.15, -0.1) is 0 Å². The fourth-order valence-corrected chi connectivity index (χ4v) is 7.81. The molecular formula is C27H26Cl4O3. The van der Waals surface area contributed by atoms with Crippen molar-refractivity contribution in [1.29, 1.82) is 0 Å². The molecule has 7 heteroatoms. The maximum absolute atomic E-state index is 6.81. The van der Waals surface area contributed by atoms with Crippen LogP contribution in [-0.4, -0.2) is 5.60 Å². The topological polar surface area (TPSA) is 27.7 Å². The number of allylic oxidation sites excluding steroid dienone is 1. The van der Waals surface area contributed by atoms with Gasteiger partial charge < -0.3 is 4.74 Å². The van der Waals surface area contributed by atoms with E-state index in [1.807, 2.05) is 25.1 Å². The Labute approximate surface area is 220 Å². The van der Waals surface area contributed by atoms with Crippen LogP contribution in [0.5, 0.6) is 5.75 Å². The lowest BCUT2D eigenvalue weighted by Crippen LogP contribution is -2.76. The molecule has 4 atom stereocenters. The van der Waals surface area contributed by atoms with Crippen molar-refractivity contribution in [3.63, 3.8) is 0 Å². The zero-order chi connectivity index (χ0) is 23.7. The highest BCUT2D eigenvalue weighted by Gasteiger charge is 2.76. The van der Waals surface area contributed by atoms with Crippen LogP contribution in [0.4, 0.5) is 0 Å². The molecule has 1 aliphatic heterocycles. The summed E-state index contributed by atoms with van der Waals surface area (Å²) in [6, 6.07) is 9.17. The minimum atomic E-state index is -1.20. The Kier molecular flexibility index (Phi) is 5.92. The summed E-state index contributed by atoms with van der Waals surface area (Å²) in [6.45, 7) is 1.98. The van der Waals surface area contributed by atoms with Crippen LogP contribution < -0.4 is 4.74 Å². The maximum Gasteiger partial charge on any atom is 0.299 e. The molecule has 2 aromatic carbocycles. The average molecular weight is 540 g/mol. The zero-order valence-corrected chi connectivity index (χ0v) is 22.0. The van der Waals surface area contributed by atoms with Gasteiger partial charge in [-0.3, -0.25) is 0 Å². The molecule has 1 saturated heterocycles. The van der Waals surface area contributed by atoms with E-state index in [4.69, 9.17) is 60.9 Å². The van der Waals surface area contributed by atoms with E-state index in [-0.39, 0.29) is 11.8 Å². The van der Waals surface area contributed by atoms with Crippen molar-refractivity contribution in [3.05, 3.63) is 72.7 Å². The lowest BCUT2D eigenvalue weighted by atomic mass is 9.53. The van der Waals surface area contributed by atoms with E-state index in [9.17, 15) is 0 Å². The molecule has 2 aromatic rings. The molecule has 0 aromatic heterocycles. The van der Waals surface area contributed by atoms with Gasteiger partial charge in [-0.25, -0.2) is 4.89 Å². The molecule has 2 bridgehead atoms. The maximum atomic E-state index is 6.81. The van der Waals surface area contributed by atoms with Crippen LogP contribution in [0.2, 0.25) is 20.1 Å². The Morgan fingerprint density at radius 2 is 1.65 bits per heavy atom. The summed E-state index contributed by atoms with van der Waals surface area (Å²) in [5.74, 6) is -0.345. The third kappa shape index (κ3) is 3.31. The van der Waals surface area contributed by atoms with E-state index in [1.165, 1.54) is 25.7 Å². The van der Waals surface area contributed by atoms with Crippen LogP contribution in [0.25, 0.3) is 0 Å². The fourth-order valence-electron chi connectivity index (χ4n) is 6.80. The summed E-state index contributed by atoms with van der Waals surface area (Å²) >= 11 is 25.8. The third-order valence-corrected chi connectivity index (χ3v) is 9.47. The van der Waals surface area contributed by atoms with Crippen LogP contribution >= 0.6 is 46.4 Å². The van der Waals surface area contributed by atoms with Gasteiger partial charge in [0, 0.05) is 27.4 Å². The Bertz CT molecular complexity index is 1170. The molecule has 0 N–H and O–H groups in total. The molecule has 3 aliphatic carbocycles. The first kappa shape index (κ1) is 23.5. The van der Waals surface area contributed by atoms with Gasteiger partial charge in [-0.1, -0.05) is 70.0 Å². The highest BCUT2D eigenvalue weighted by molar-refractivity contribution is 6.40. The largest absolute Gasteiger partial charge is 0.449 e. The van der Waals surface area contributed by atoms with Crippen molar-refractivity contribution >= 4 is 46.4 Å². The summed E-state index contributed by atoms with van der Waals surface area (Å²) < 4.78 is 6.81. The lowest BCUT2D eigenvalue weighted by Gasteiger charge is -2.65. The summed E-state index contributed by atoms with van der Waals surface area (Å²) in [5, 5.41) is 1.82. The normalized spacial score (nSPS) is 32.4. The van der Waals surface area contributed by atoms with Crippen LogP contribution in [0.1, 0.15) is 62.5 Å². The predicted octanol–water partition coefficient (Wildman–Crippen LogP) is 9.23. The molecule has 0 amide bonds. The van der Waals surface area contributed by atoms with Crippen molar-refractivity contribution < 1.29 is 14.5 Å². The summed E-state index contributed by atoms with van der Waals surface area (Å²) in [5.41, 5.74) is 4.33. The van der Waals surface area contributed by atoms with Gasteiger partial charge in [-0.2, -0.15) is 4.89 Å². The first-order valence-electron chi connectivity index (χ1n) is 12.0. The second-order valence-corrected chi connectivity index (χ2v) is 11.7. The second-order valence-electron chi connectivity index (χ2n) is 10.1. The van der Waals surface area contributed by atoms with Gasteiger partial charge in [0.05, 0.1) is 10.0 Å². The van der Waals surface area contributed by atoms with Gasteiger partial charge in [0.1, 0.15) is 0 Å². The Balaban J connectivity index is 1.55. The number of hydrogen-bond donors (Lipinski definition) is 0. The molecule has 0 radical (unpaired) electrons. The number of fused-ring (bicyclic) bond motifs is 1. The standard InChI is InChI=1S/C27H26Cl4O3/c1-15-11-18(9-10-22(15)29)27(32-25-23(30)13-19(28)14-24(25)31)26(33-34-27)17-6-4-8-21(26)20-7-3-2-5-16(20)12-17/h9-11,13-14,17,21H,2-8,12H2,1H3. The summed E-state index contributed by atoms with van der Waals surface area (Å²) in [4.78, 5) is 12.4. The van der Waals surface area contributed by atoms with Crippen molar-refractivity contribution in [2.24, 2.45) is 11.8 Å². The lowest BCUT2D eigenvalue weighted by molar-refractivity contribution is -0.628. The molecule has 1 spiro atoms. The molecule has 34 heavy (non-hydrogen) atoms. The Morgan fingerprint density at radius 1 is 0.882 bits per heavy atom. The summed E-state index contributed by atoms with van der Waals surface area (Å²) in [7, 11) is 0. The zero-order valence-electron chi connectivity index (χ0n) is 18.9. The van der Waals surface area contributed by atoms with Crippen molar-refractivity contribution in [2.75, 3.05) is 0 Å². The minimum Gasteiger partial charge on any atom is -0.449 e. The van der Waals surface area contributed by atoms with E-state index < -0.39 is 11.4 Å². The van der Waals surface area contributed by atoms with Crippen molar-refractivity contribution in [2.45, 2.75) is 69.7 Å². The molecule has 3 nitrogen and oxygen atoms in total.